The van der Waals surface area contributed by atoms with Gasteiger partial charge in [-0.15, -0.1) is 0 Å². The molecule has 0 bridgehead atoms. The Morgan fingerprint density at radius 3 is 2.29 bits per heavy atom. The van der Waals surface area contributed by atoms with Gasteiger partial charge in [-0.2, -0.15) is 0 Å². The van der Waals surface area contributed by atoms with Crippen LogP contribution in [0.5, 0.6) is 11.5 Å². The monoisotopic (exact) mass is 473 g/mol. The van der Waals surface area contributed by atoms with Crippen molar-refractivity contribution in [2.24, 2.45) is 5.73 Å². The zero-order valence-corrected chi connectivity index (χ0v) is 20.4. The lowest BCUT2D eigenvalue weighted by Crippen LogP contribution is -2.41. The fourth-order valence-electron chi connectivity index (χ4n) is 4.19. The zero-order chi connectivity index (χ0) is 25.0. The Morgan fingerprint density at radius 1 is 0.971 bits per heavy atom. The number of nitrogens with zero attached hydrogens (tertiary/aromatic N) is 2. The van der Waals surface area contributed by atoms with E-state index in [1.807, 2.05) is 75.4 Å². The lowest BCUT2D eigenvalue weighted by atomic mass is 9.87. The smallest absolute Gasteiger partial charge is 0.410 e. The summed E-state index contributed by atoms with van der Waals surface area (Å²) in [4.78, 5) is 30.8. The van der Waals surface area contributed by atoms with Crippen LogP contribution in [0.1, 0.15) is 55.5 Å². The van der Waals surface area contributed by atoms with Crippen LogP contribution >= 0.6 is 0 Å². The van der Waals surface area contributed by atoms with Crippen LogP contribution in [0, 0.1) is 0 Å². The molecule has 4 rings (SSSR count). The second kappa shape index (κ2) is 10.2. The van der Waals surface area contributed by atoms with Crippen LogP contribution in [0.15, 0.2) is 66.9 Å². The van der Waals surface area contributed by atoms with Crippen LogP contribution in [-0.4, -0.2) is 40.6 Å². The standard InChI is InChI=1S/C28H31N3O4/c1-28(2,3)35-27(33)31-15-13-19(14-16-31)20-9-11-23(26(29)32)24(17-20)25-12-10-22(18-30-25)34-21-7-5-4-6-8-21/h4-12,17-19H,13-16H2,1-3H3,(H2,29,32). The number of likely N-dealkylation sites (tertiary alicyclic amines) is 1. The highest BCUT2D eigenvalue weighted by Crippen LogP contribution is 2.33. The van der Waals surface area contributed by atoms with Gasteiger partial charge in [-0.1, -0.05) is 24.3 Å². The number of carbonyl (C=O) groups is 2. The minimum absolute atomic E-state index is 0.259. The molecule has 0 unspecified atom stereocenters. The Balaban J connectivity index is 1.51. The molecular weight excluding hydrogens is 442 g/mol. The van der Waals surface area contributed by atoms with Gasteiger partial charge in [0.1, 0.15) is 17.1 Å². The number of piperidine rings is 1. The first kappa shape index (κ1) is 24.3. The maximum atomic E-state index is 12.4. The van der Waals surface area contributed by atoms with Gasteiger partial charge >= 0.3 is 6.09 Å². The van der Waals surface area contributed by atoms with Gasteiger partial charge in [-0.3, -0.25) is 9.78 Å². The van der Waals surface area contributed by atoms with Crippen molar-refractivity contribution in [2.75, 3.05) is 13.1 Å². The van der Waals surface area contributed by atoms with Crippen LogP contribution in [0.25, 0.3) is 11.3 Å². The number of pyridine rings is 1. The molecule has 2 aromatic carbocycles. The van der Waals surface area contributed by atoms with E-state index in [-0.39, 0.29) is 12.0 Å². The number of rotatable bonds is 5. The zero-order valence-electron chi connectivity index (χ0n) is 20.4. The Hall–Kier alpha value is -3.87. The molecule has 2 amide bonds. The molecule has 0 atom stereocenters. The van der Waals surface area contributed by atoms with E-state index in [1.54, 1.807) is 17.2 Å². The molecule has 0 radical (unpaired) electrons. The van der Waals surface area contributed by atoms with E-state index in [0.717, 1.165) is 24.2 Å². The second-order valence-electron chi connectivity index (χ2n) is 9.71. The minimum Gasteiger partial charge on any atom is -0.456 e. The van der Waals surface area contributed by atoms with Crippen molar-refractivity contribution in [1.82, 2.24) is 9.88 Å². The predicted molar refractivity (Wildman–Crippen MR) is 134 cm³/mol. The number of carbonyl (C=O) groups excluding carboxylic acids is 2. The van der Waals surface area contributed by atoms with E-state index in [4.69, 9.17) is 15.2 Å². The Labute approximate surface area is 205 Å². The topological polar surface area (TPSA) is 94.8 Å². The van der Waals surface area contributed by atoms with Gasteiger partial charge in [-0.05, 0) is 81.5 Å². The first-order chi connectivity index (χ1) is 16.7. The lowest BCUT2D eigenvalue weighted by Gasteiger charge is -2.33. The Kier molecular flexibility index (Phi) is 7.05. The number of hydrogen-bond acceptors (Lipinski definition) is 5. The fourth-order valence-corrected chi connectivity index (χ4v) is 4.19. The normalized spacial score (nSPS) is 14.4. The first-order valence-corrected chi connectivity index (χ1v) is 11.8. The van der Waals surface area contributed by atoms with Crippen LogP contribution in [0.4, 0.5) is 4.79 Å². The second-order valence-corrected chi connectivity index (χ2v) is 9.71. The van der Waals surface area contributed by atoms with Crippen molar-refractivity contribution in [1.29, 1.82) is 0 Å². The predicted octanol–water partition coefficient (Wildman–Crippen LogP) is 5.75. The molecule has 7 heteroatoms. The van der Waals surface area contributed by atoms with Crippen LogP contribution in [0.2, 0.25) is 0 Å². The molecule has 3 aromatic rings. The quantitative estimate of drug-likeness (QED) is 0.509. The summed E-state index contributed by atoms with van der Waals surface area (Å²) in [6.45, 7) is 6.85. The lowest BCUT2D eigenvalue weighted by molar-refractivity contribution is 0.0204. The van der Waals surface area contributed by atoms with Crippen molar-refractivity contribution in [2.45, 2.75) is 45.1 Å². The van der Waals surface area contributed by atoms with E-state index in [9.17, 15) is 9.59 Å². The first-order valence-electron chi connectivity index (χ1n) is 11.8. The number of amides is 2. The van der Waals surface area contributed by atoms with E-state index in [2.05, 4.69) is 4.98 Å². The molecule has 1 aliphatic rings. The van der Waals surface area contributed by atoms with Gasteiger partial charge in [0.05, 0.1) is 11.9 Å². The van der Waals surface area contributed by atoms with E-state index < -0.39 is 11.5 Å². The van der Waals surface area contributed by atoms with Gasteiger partial charge in [0.15, 0.2) is 0 Å². The van der Waals surface area contributed by atoms with Gasteiger partial charge in [-0.25, -0.2) is 4.79 Å². The van der Waals surface area contributed by atoms with E-state index in [0.29, 0.717) is 35.7 Å². The molecule has 0 spiro atoms. The molecule has 1 saturated heterocycles. The van der Waals surface area contributed by atoms with Gasteiger partial charge in [0.25, 0.3) is 0 Å². The summed E-state index contributed by atoms with van der Waals surface area (Å²) in [5.41, 5.74) is 8.01. The molecule has 1 fully saturated rings. The van der Waals surface area contributed by atoms with Crippen molar-refractivity contribution in [3.05, 3.63) is 78.0 Å². The summed E-state index contributed by atoms with van der Waals surface area (Å²) in [6.07, 6.45) is 2.99. The highest BCUT2D eigenvalue weighted by Gasteiger charge is 2.28. The highest BCUT2D eigenvalue weighted by atomic mass is 16.6. The third-order valence-corrected chi connectivity index (χ3v) is 5.92. The molecule has 0 aliphatic carbocycles. The summed E-state index contributed by atoms with van der Waals surface area (Å²) in [5, 5.41) is 0. The molecule has 182 valence electrons. The van der Waals surface area contributed by atoms with E-state index in [1.165, 1.54) is 0 Å². The van der Waals surface area contributed by atoms with Crippen molar-refractivity contribution in [3.8, 4) is 22.8 Å². The van der Waals surface area contributed by atoms with Crippen molar-refractivity contribution < 1.29 is 19.1 Å². The molecular formula is C28H31N3O4. The largest absolute Gasteiger partial charge is 0.456 e. The van der Waals surface area contributed by atoms with Crippen molar-refractivity contribution >= 4 is 12.0 Å². The average Bonchev–Trinajstić information content (AvgIpc) is 2.84. The molecule has 2 N–H and O–H groups in total. The molecule has 35 heavy (non-hydrogen) atoms. The Morgan fingerprint density at radius 2 is 1.69 bits per heavy atom. The van der Waals surface area contributed by atoms with Gasteiger partial charge < -0.3 is 20.1 Å². The number of nitrogens with two attached hydrogens (primary N) is 1. The average molecular weight is 474 g/mol. The number of benzene rings is 2. The number of primary amides is 1. The number of hydrogen-bond donors (Lipinski definition) is 1. The molecule has 1 aliphatic heterocycles. The number of para-hydroxylation sites is 1. The number of aromatic nitrogens is 1. The van der Waals surface area contributed by atoms with Crippen molar-refractivity contribution in [3.63, 3.8) is 0 Å². The molecule has 2 heterocycles. The summed E-state index contributed by atoms with van der Waals surface area (Å²) < 4.78 is 11.3. The minimum atomic E-state index is -0.512. The summed E-state index contributed by atoms with van der Waals surface area (Å²) in [5.74, 6) is 1.08. The van der Waals surface area contributed by atoms with Crippen LogP contribution < -0.4 is 10.5 Å². The number of ether oxygens (including phenoxy) is 2. The van der Waals surface area contributed by atoms with Gasteiger partial charge in [0, 0.05) is 24.2 Å². The summed E-state index contributed by atoms with van der Waals surface area (Å²) >= 11 is 0. The maximum absolute atomic E-state index is 12.4. The molecule has 7 nitrogen and oxygen atoms in total. The van der Waals surface area contributed by atoms with Crippen LogP contribution in [-0.2, 0) is 4.74 Å². The Bertz CT molecular complexity index is 1180. The third kappa shape index (κ3) is 6.18. The molecule has 0 saturated carbocycles. The summed E-state index contributed by atoms with van der Waals surface area (Å²) in [6, 6.07) is 18.8. The highest BCUT2D eigenvalue weighted by molar-refractivity contribution is 5.99. The van der Waals surface area contributed by atoms with Crippen LogP contribution in [0.3, 0.4) is 0 Å². The third-order valence-electron chi connectivity index (χ3n) is 5.92. The maximum Gasteiger partial charge on any atom is 0.410 e. The van der Waals surface area contributed by atoms with E-state index >= 15 is 0 Å². The fraction of sp³-hybridized carbons (Fsp3) is 0.321. The van der Waals surface area contributed by atoms with Gasteiger partial charge in [0.2, 0.25) is 5.91 Å². The molecule has 1 aromatic heterocycles. The summed E-state index contributed by atoms with van der Waals surface area (Å²) in [7, 11) is 0. The SMILES string of the molecule is CC(C)(C)OC(=O)N1CCC(c2ccc(C(N)=O)c(-c3ccc(Oc4ccccc4)cn3)c2)CC1.